The van der Waals surface area contributed by atoms with E-state index in [2.05, 4.69) is 10.3 Å². The largest absolute Gasteiger partial charge is 0.416 e. The van der Waals surface area contributed by atoms with Crippen molar-refractivity contribution in [2.24, 2.45) is 5.92 Å². The van der Waals surface area contributed by atoms with Gasteiger partial charge in [-0.05, 0) is 12.1 Å². The fraction of sp³-hybridized carbons (Fsp3) is 0.286. The summed E-state index contributed by atoms with van der Waals surface area (Å²) in [4.78, 5) is 25.9. The van der Waals surface area contributed by atoms with Crippen molar-refractivity contribution in [3.8, 4) is 11.3 Å². The van der Waals surface area contributed by atoms with E-state index in [0.717, 1.165) is 23.5 Å². The molecular formula is C14H10F3N3O3S. The van der Waals surface area contributed by atoms with Gasteiger partial charge in [0, 0.05) is 22.3 Å². The van der Waals surface area contributed by atoms with E-state index in [1.807, 2.05) is 0 Å². The maximum absolute atomic E-state index is 12.7. The number of nitrogens with zero attached hydrogens (tertiary/aromatic N) is 2. The zero-order chi connectivity index (χ0) is 17.5. The van der Waals surface area contributed by atoms with E-state index in [1.54, 1.807) is 0 Å². The number of nitrogens with one attached hydrogen (secondary N) is 1. The van der Waals surface area contributed by atoms with Crippen LogP contribution in [-0.4, -0.2) is 21.9 Å². The van der Waals surface area contributed by atoms with Crippen molar-refractivity contribution < 1.29 is 22.9 Å². The van der Waals surface area contributed by atoms with Crippen LogP contribution in [0.5, 0.6) is 0 Å². The first kappa shape index (κ1) is 16.4. The highest BCUT2D eigenvalue weighted by Crippen LogP contribution is 2.35. The van der Waals surface area contributed by atoms with Crippen molar-refractivity contribution in [3.63, 3.8) is 0 Å². The van der Waals surface area contributed by atoms with Gasteiger partial charge in [-0.15, -0.1) is 11.3 Å². The van der Waals surface area contributed by atoms with Crippen LogP contribution in [-0.2, 0) is 11.0 Å². The predicted molar refractivity (Wildman–Crippen MR) is 80.1 cm³/mol. The van der Waals surface area contributed by atoms with Gasteiger partial charge in [0.25, 0.3) is 0 Å². The van der Waals surface area contributed by atoms with E-state index in [4.69, 9.17) is 0 Å². The number of alkyl halides is 3. The van der Waals surface area contributed by atoms with Crippen molar-refractivity contribution in [3.05, 3.63) is 45.3 Å². The Labute approximate surface area is 137 Å². The Kier molecular flexibility index (Phi) is 3.99. The van der Waals surface area contributed by atoms with E-state index >= 15 is 0 Å². The van der Waals surface area contributed by atoms with Gasteiger partial charge in [-0.25, -0.2) is 4.98 Å². The minimum atomic E-state index is -4.45. The maximum atomic E-state index is 12.7. The first-order valence-electron chi connectivity index (χ1n) is 6.83. The Morgan fingerprint density at radius 1 is 1.42 bits per heavy atom. The van der Waals surface area contributed by atoms with E-state index in [-0.39, 0.29) is 17.1 Å². The molecule has 1 amide bonds. The van der Waals surface area contributed by atoms with Crippen molar-refractivity contribution in [1.82, 2.24) is 4.98 Å². The Hall–Kier alpha value is -2.49. The molecule has 3 rings (SSSR count). The molecule has 6 nitrogen and oxygen atoms in total. The topological polar surface area (TPSA) is 85.1 Å². The molecule has 1 fully saturated rings. The molecule has 0 spiro atoms. The lowest BCUT2D eigenvalue weighted by Gasteiger charge is -2.07. The van der Waals surface area contributed by atoms with Crippen LogP contribution in [0.3, 0.4) is 0 Å². The highest BCUT2D eigenvalue weighted by molar-refractivity contribution is 7.14. The highest BCUT2D eigenvalue weighted by atomic mass is 32.1. The molecule has 0 bridgehead atoms. The fourth-order valence-corrected chi connectivity index (χ4v) is 2.94. The lowest BCUT2D eigenvalue weighted by molar-refractivity contribution is -0.497. The SMILES string of the molecule is O=C(Nc1nc(-c2cccc(C(F)(F)F)c2)cs1)[C@@H]1C[C@H]1[N+](=O)[O-]. The summed E-state index contributed by atoms with van der Waals surface area (Å²) in [5.74, 6) is -1.18. The number of hydrogen-bond donors (Lipinski definition) is 1. The van der Waals surface area contributed by atoms with Gasteiger partial charge in [0.15, 0.2) is 5.13 Å². The summed E-state index contributed by atoms with van der Waals surface area (Å²) < 4.78 is 38.2. The van der Waals surface area contributed by atoms with E-state index in [0.29, 0.717) is 5.69 Å². The van der Waals surface area contributed by atoms with Gasteiger partial charge < -0.3 is 5.32 Å². The molecule has 0 saturated heterocycles. The van der Waals surface area contributed by atoms with Crippen LogP contribution in [0.4, 0.5) is 18.3 Å². The average molecular weight is 357 g/mol. The molecule has 0 aliphatic heterocycles. The number of aromatic nitrogens is 1. The Balaban J connectivity index is 1.72. The molecule has 10 heteroatoms. The number of hydrogen-bond acceptors (Lipinski definition) is 5. The zero-order valence-electron chi connectivity index (χ0n) is 11.9. The number of nitro groups is 1. The molecule has 0 unspecified atom stereocenters. The van der Waals surface area contributed by atoms with Crippen LogP contribution in [0.1, 0.15) is 12.0 Å². The zero-order valence-corrected chi connectivity index (χ0v) is 12.7. The summed E-state index contributed by atoms with van der Waals surface area (Å²) in [5.41, 5.74) is -0.218. The summed E-state index contributed by atoms with van der Waals surface area (Å²) in [7, 11) is 0. The molecule has 1 N–H and O–H groups in total. The normalized spacial score (nSPS) is 19.8. The molecule has 126 valence electrons. The summed E-state index contributed by atoms with van der Waals surface area (Å²) in [6.07, 6.45) is -4.27. The predicted octanol–water partition coefficient (Wildman–Crippen LogP) is 3.43. The molecule has 2 aromatic rings. The number of carbonyl (C=O) groups excluding carboxylic acids is 1. The van der Waals surface area contributed by atoms with Gasteiger partial charge in [0.1, 0.15) is 5.92 Å². The lowest BCUT2D eigenvalue weighted by atomic mass is 10.1. The third-order valence-corrected chi connectivity index (χ3v) is 4.34. The highest BCUT2D eigenvalue weighted by Gasteiger charge is 2.53. The monoisotopic (exact) mass is 357 g/mol. The molecule has 1 heterocycles. The summed E-state index contributed by atoms with van der Waals surface area (Å²) >= 11 is 1.05. The molecule has 1 aliphatic carbocycles. The minimum Gasteiger partial charge on any atom is -0.301 e. The van der Waals surface area contributed by atoms with Gasteiger partial charge in [-0.1, -0.05) is 12.1 Å². The van der Waals surface area contributed by atoms with Gasteiger partial charge >= 0.3 is 6.18 Å². The first-order chi connectivity index (χ1) is 11.3. The third-order valence-electron chi connectivity index (χ3n) is 3.58. The molecule has 24 heavy (non-hydrogen) atoms. The molecule has 1 aromatic heterocycles. The third kappa shape index (κ3) is 3.37. The standard InChI is InChI=1S/C14H10F3N3O3S/c15-14(16,17)8-3-1-2-7(4-8)10-6-24-13(18-10)19-12(21)9-5-11(9)20(22)23/h1-4,6,9,11H,5H2,(H,18,19,21)/t9-,11-/m1/s1. The van der Waals surface area contributed by atoms with E-state index in [1.165, 1.54) is 17.5 Å². The Bertz CT molecular complexity index is 806. The van der Waals surface area contributed by atoms with Gasteiger partial charge in [0.05, 0.1) is 11.3 Å². The van der Waals surface area contributed by atoms with Crippen LogP contribution in [0.15, 0.2) is 29.6 Å². The number of benzene rings is 1. The second-order valence-electron chi connectivity index (χ2n) is 5.30. The molecular weight excluding hydrogens is 347 g/mol. The van der Waals surface area contributed by atoms with E-state index < -0.39 is 34.5 Å². The van der Waals surface area contributed by atoms with Crippen molar-refractivity contribution >= 4 is 22.4 Å². The lowest BCUT2D eigenvalue weighted by Crippen LogP contribution is -2.18. The molecule has 0 radical (unpaired) electrons. The number of thiazole rings is 1. The summed E-state index contributed by atoms with van der Waals surface area (Å²) in [6.45, 7) is 0. The smallest absolute Gasteiger partial charge is 0.301 e. The van der Waals surface area contributed by atoms with Crippen molar-refractivity contribution in [1.29, 1.82) is 0 Å². The van der Waals surface area contributed by atoms with E-state index in [9.17, 15) is 28.1 Å². The quantitative estimate of drug-likeness (QED) is 0.671. The van der Waals surface area contributed by atoms with Crippen molar-refractivity contribution in [2.45, 2.75) is 18.6 Å². The number of rotatable bonds is 4. The second kappa shape index (κ2) is 5.86. The molecule has 1 saturated carbocycles. The Morgan fingerprint density at radius 2 is 2.17 bits per heavy atom. The molecule has 1 aliphatic rings. The fourth-order valence-electron chi connectivity index (χ4n) is 2.21. The average Bonchev–Trinajstić information content (AvgIpc) is 3.20. The molecule has 2 atom stereocenters. The van der Waals surface area contributed by atoms with Crippen LogP contribution in [0.2, 0.25) is 0 Å². The molecule has 1 aromatic carbocycles. The van der Waals surface area contributed by atoms with Crippen LogP contribution in [0, 0.1) is 16.0 Å². The summed E-state index contributed by atoms with van der Waals surface area (Å²) in [5, 5.41) is 14.7. The van der Waals surface area contributed by atoms with Gasteiger partial charge in [-0.3, -0.25) is 14.9 Å². The Morgan fingerprint density at radius 3 is 2.79 bits per heavy atom. The first-order valence-corrected chi connectivity index (χ1v) is 7.71. The number of halogens is 3. The van der Waals surface area contributed by atoms with Crippen LogP contribution < -0.4 is 5.32 Å². The second-order valence-corrected chi connectivity index (χ2v) is 6.16. The van der Waals surface area contributed by atoms with Crippen LogP contribution >= 0.6 is 11.3 Å². The maximum Gasteiger partial charge on any atom is 0.416 e. The van der Waals surface area contributed by atoms with Gasteiger partial charge in [0.2, 0.25) is 11.9 Å². The number of anilines is 1. The summed E-state index contributed by atoms with van der Waals surface area (Å²) in [6, 6.07) is 3.84. The minimum absolute atomic E-state index is 0.185. The number of carbonyl (C=O) groups is 1. The number of amides is 1. The van der Waals surface area contributed by atoms with Crippen molar-refractivity contribution in [2.75, 3.05) is 5.32 Å². The van der Waals surface area contributed by atoms with Crippen LogP contribution in [0.25, 0.3) is 11.3 Å². The van der Waals surface area contributed by atoms with Gasteiger partial charge in [-0.2, -0.15) is 13.2 Å².